The van der Waals surface area contributed by atoms with Crippen LogP contribution in [0.15, 0.2) is 24.3 Å². The van der Waals surface area contributed by atoms with Crippen molar-refractivity contribution < 1.29 is 4.79 Å². The first-order chi connectivity index (χ1) is 9.10. The highest BCUT2D eigenvalue weighted by molar-refractivity contribution is 5.93. The summed E-state index contributed by atoms with van der Waals surface area (Å²) in [5.74, 6) is 0.175. The summed E-state index contributed by atoms with van der Waals surface area (Å²) in [7, 11) is 1.85. The third-order valence-electron chi connectivity index (χ3n) is 4.48. The van der Waals surface area contributed by atoms with E-state index in [9.17, 15) is 4.79 Å². The van der Waals surface area contributed by atoms with E-state index in [1.54, 1.807) is 4.90 Å². The van der Waals surface area contributed by atoms with Crippen molar-refractivity contribution >= 4 is 11.6 Å². The number of hydrogen-bond donors (Lipinski definition) is 1. The Morgan fingerprint density at radius 2 is 1.95 bits per heavy atom. The van der Waals surface area contributed by atoms with E-state index in [1.807, 2.05) is 19.2 Å². The zero-order chi connectivity index (χ0) is 13.9. The van der Waals surface area contributed by atoms with Crippen LogP contribution < -0.4 is 10.6 Å². The van der Waals surface area contributed by atoms with E-state index in [0.717, 1.165) is 24.9 Å². The molecule has 0 bridgehead atoms. The molecule has 0 atom stereocenters. The van der Waals surface area contributed by atoms with Crippen molar-refractivity contribution in [1.82, 2.24) is 0 Å². The molecular formula is C16H24N2O. The lowest BCUT2D eigenvalue weighted by Gasteiger charge is -2.41. The van der Waals surface area contributed by atoms with Crippen molar-refractivity contribution in [2.75, 3.05) is 18.5 Å². The van der Waals surface area contributed by atoms with Gasteiger partial charge < -0.3 is 10.6 Å². The van der Waals surface area contributed by atoms with Gasteiger partial charge in [-0.2, -0.15) is 0 Å². The van der Waals surface area contributed by atoms with Gasteiger partial charge in [0.15, 0.2) is 0 Å². The monoisotopic (exact) mass is 260 g/mol. The number of carbonyl (C=O) groups is 1. The highest BCUT2D eigenvalue weighted by Crippen LogP contribution is 2.43. The van der Waals surface area contributed by atoms with Crippen LogP contribution in [-0.4, -0.2) is 19.5 Å². The maximum atomic E-state index is 12.3. The molecule has 0 aliphatic heterocycles. The highest BCUT2D eigenvalue weighted by atomic mass is 16.2. The number of carbonyl (C=O) groups excluding carboxylic acids is 1. The molecule has 2 rings (SSSR count). The van der Waals surface area contributed by atoms with E-state index < -0.39 is 0 Å². The molecule has 3 heteroatoms. The van der Waals surface area contributed by atoms with Crippen molar-refractivity contribution in [3.05, 3.63) is 29.8 Å². The van der Waals surface area contributed by atoms with Crippen LogP contribution in [0.4, 0.5) is 5.69 Å². The molecule has 0 spiro atoms. The van der Waals surface area contributed by atoms with Gasteiger partial charge in [-0.15, -0.1) is 0 Å². The summed E-state index contributed by atoms with van der Waals surface area (Å²) in [4.78, 5) is 14.1. The summed E-state index contributed by atoms with van der Waals surface area (Å²) in [5.41, 5.74) is 8.16. The lowest BCUT2D eigenvalue weighted by Crippen LogP contribution is -2.42. The molecule has 1 aliphatic carbocycles. The number of anilines is 1. The zero-order valence-electron chi connectivity index (χ0n) is 12.0. The molecule has 2 N–H and O–H groups in total. The normalized spacial score (nSPS) is 16.8. The van der Waals surface area contributed by atoms with Crippen LogP contribution in [0.25, 0.3) is 0 Å². The molecular weight excluding hydrogens is 236 g/mol. The van der Waals surface area contributed by atoms with Gasteiger partial charge in [0.05, 0.1) is 0 Å². The summed E-state index contributed by atoms with van der Waals surface area (Å²) >= 11 is 0. The lowest BCUT2D eigenvalue weighted by molar-refractivity contribution is -0.121. The number of amides is 1. The molecule has 1 saturated carbocycles. The van der Waals surface area contributed by atoms with Crippen LogP contribution in [0.5, 0.6) is 0 Å². The predicted octanol–water partition coefficient (Wildman–Crippen LogP) is 2.73. The minimum atomic E-state index is 0.0781. The maximum absolute atomic E-state index is 12.3. The third kappa shape index (κ3) is 2.98. The molecule has 0 heterocycles. The van der Waals surface area contributed by atoms with Crippen molar-refractivity contribution in [2.45, 2.75) is 39.0 Å². The molecule has 0 unspecified atom stereocenters. The molecule has 0 saturated heterocycles. The Balaban J connectivity index is 2.01. The minimum Gasteiger partial charge on any atom is -0.330 e. The topological polar surface area (TPSA) is 46.3 Å². The second-order valence-electron chi connectivity index (χ2n) is 5.71. The quantitative estimate of drug-likeness (QED) is 0.885. The van der Waals surface area contributed by atoms with Gasteiger partial charge in [-0.25, -0.2) is 0 Å². The fourth-order valence-electron chi connectivity index (χ4n) is 2.67. The fraction of sp³-hybridized carbons (Fsp3) is 0.562. The number of hydrogen-bond acceptors (Lipinski definition) is 2. The molecule has 104 valence electrons. The first-order valence-corrected chi connectivity index (χ1v) is 7.16. The summed E-state index contributed by atoms with van der Waals surface area (Å²) in [6, 6.07) is 8.21. The highest BCUT2D eigenvalue weighted by Gasteiger charge is 2.38. The first kappa shape index (κ1) is 14.1. The largest absolute Gasteiger partial charge is 0.330 e. The molecule has 1 aromatic rings. The number of nitrogens with two attached hydrogens (primary N) is 1. The SMILES string of the molecule is CCc1ccc(N(C)C(=O)CC2(CN)CCC2)cc1. The Bertz CT molecular complexity index is 429. The van der Waals surface area contributed by atoms with Crippen molar-refractivity contribution in [1.29, 1.82) is 0 Å². The van der Waals surface area contributed by atoms with Crippen LogP contribution in [0.3, 0.4) is 0 Å². The Labute approximate surface area is 115 Å². The fourth-order valence-corrected chi connectivity index (χ4v) is 2.67. The van der Waals surface area contributed by atoms with Gasteiger partial charge in [0.2, 0.25) is 5.91 Å². The molecule has 1 fully saturated rings. The van der Waals surface area contributed by atoms with Crippen molar-refractivity contribution in [2.24, 2.45) is 11.1 Å². The molecule has 1 aromatic carbocycles. The molecule has 1 amide bonds. The van der Waals surface area contributed by atoms with Gasteiger partial charge >= 0.3 is 0 Å². The van der Waals surface area contributed by atoms with E-state index in [4.69, 9.17) is 5.73 Å². The maximum Gasteiger partial charge on any atom is 0.227 e. The minimum absolute atomic E-state index is 0.0781. The van der Waals surface area contributed by atoms with Gasteiger partial charge in [-0.3, -0.25) is 4.79 Å². The average Bonchev–Trinajstić information content (AvgIpc) is 2.42. The lowest BCUT2D eigenvalue weighted by atomic mass is 9.66. The van der Waals surface area contributed by atoms with Crippen LogP contribution in [0.1, 0.15) is 38.2 Å². The van der Waals surface area contributed by atoms with Crippen LogP contribution in [0, 0.1) is 5.41 Å². The number of aryl methyl sites for hydroxylation is 1. The van der Waals surface area contributed by atoms with Gasteiger partial charge in [-0.1, -0.05) is 25.5 Å². The van der Waals surface area contributed by atoms with E-state index in [2.05, 4.69) is 19.1 Å². The van der Waals surface area contributed by atoms with Gasteiger partial charge in [-0.05, 0) is 48.9 Å². The summed E-state index contributed by atoms with van der Waals surface area (Å²) in [5, 5.41) is 0. The molecule has 0 aromatic heterocycles. The standard InChI is InChI=1S/C16H24N2O/c1-3-13-5-7-14(8-6-13)18(2)15(19)11-16(12-17)9-4-10-16/h5-8H,3-4,9-12,17H2,1-2H3. The Morgan fingerprint density at radius 1 is 1.32 bits per heavy atom. The summed E-state index contributed by atoms with van der Waals surface area (Å²) in [6.07, 6.45) is 5.00. The van der Waals surface area contributed by atoms with Gasteiger partial charge in [0.1, 0.15) is 0 Å². The third-order valence-corrected chi connectivity index (χ3v) is 4.48. The van der Waals surface area contributed by atoms with Crippen LogP contribution >= 0.6 is 0 Å². The van der Waals surface area contributed by atoms with Crippen molar-refractivity contribution in [3.63, 3.8) is 0 Å². The number of nitrogens with zero attached hydrogens (tertiary/aromatic N) is 1. The molecule has 1 aliphatic rings. The number of benzene rings is 1. The summed E-state index contributed by atoms with van der Waals surface area (Å²) < 4.78 is 0. The average molecular weight is 260 g/mol. The van der Waals surface area contributed by atoms with E-state index >= 15 is 0 Å². The zero-order valence-corrected chi connectivity index (χ0v) is 12.0. The van der Waals surface area contributed by atoms with Gasteiger partial charge in [0.25, 0.3) is 0 Å². The van der Waals surface area contributed by atoms with E-state index in [0.29, 0.717) is 13.0 Å². The smallest absolute Gasteiger partial charge is 0.227 e. The Hall–Kier alpha value is -1.35. The van der Waals surface area contributed by atoms with Gasteiger partial charge in [0, 0.05) is 19.2 Å². The van der Waals surface area contributed by atoms with E-state index in [-0.39, 0.29) is 11.3 Å². The number of rotatable bonds is 5. The molecule has 19 heavy (non-hydrogen) atoms. The van der Waals surface area contributed by atoms with Crippen molar-refractivity contribution in [3.8, 4) is 0 Å². The molecule has 3 nitrogen and oxygen atoms in total. The predicted molar refractivity (Wildman–Crippen MR) is 79.2 cm³/mol. The van der Waals surface area contributed by atoms with Crippen LogP contribution in [0.2, 0.25) is 0 Å². The molecule has 0 radical (unpaired) electrons. The second kappa shape index (κ2) is 5.74. The summed E-state index contributed by atoms with van der Waals surface area (Å²) in [6.45, 7) is 2.76. The Kier molecular flexibility index (Phi) is 4.25. The Morgan fingerprint density at radius 3 is 2.37 bits per heavy atom. The second-order valence-corrected chi connectivity index (χ2v) is 5.71. The van der Waals surface area contributed by atoms with Crippen LogP contribution in [-0.2, 0) is 11.2 Å². The van der Waals surface area contributed by atoms with E-state index in [1.165, 1.54) is 12.0 Å². The first-order valence-electron chi connectivity index (χ1n) is 7.16.